The predicted molar refractivity (Wildman–Crippen MR) is 496 cm³/mol. The molecule has 4 heterocycles. The summed E-state index contributed by atoms with van der Waals surface area (Å²) in [6.45, 7) is 0. The van der Waals surface area contributed by atoms with Gasteiger partial charge in [-0.1, -0.05) is 400 Å². The lowest BCUT2D eigenvalue weighted by atomic mass is 9.95. The third-order valence-corrected chi connectivity index (χ3v) is 22.7. The Bertz CT molecular complexity index is 7560. The van der Waals surface area contributed by atoms with Crippen LogP contribution in [0, 0.1) is 0 Å². The summed E-state index contributed by atoms with van der Waals surface area (Å²) in [5.41, 5.74) is 25.5. The van der Waals surface area contributed by atoms with Gasteiger partial charge in [0.25, 0.3) is 0 Å². The van der Waals surface area contributed by atoms with Gasteiger partial charge in [0, 0.05) is 66.1 Å². The Kier molecular flexibility index (Phi) is 18.8. The topological polar surface area (TPSA) is 103 Å². The van der Waals surface area contributed by atoms with Crippen LogP contribution in [0.15, 0.2) is 437 Å². The van der Waals surface area contributed by atoms with Crippen molar-refractivity contribution in [3.8, 4) is 158 Å². The van der Waals surface area contributed by atoms with Crippen LogP contribution in [0.2, 0.25) is 0 Å². The van der Waals surface area contributed by atoms with Crippen LogP contribution >= 0.6 is 0 Å². The van der Waals surface area contributed by atoms with Gasteiger partial charge < -0.3 is 0 Å². The number of para-hydroxylation sites is 1. The molecule has 8 heteroatoms. The van der Waals surface area contributed by atoms with Crippen LogP contribution in [0.1, 0.15) is 0 Å². The van der Waals surface area contributed by atoms with Crippen molar-refractivity contribution in [2.24, 2.45) is 0 Å². The fourth-order valence-corrected chi connectivity index (χ4v) is 16.3. The first-order valence-corrected chi connectivity index (χ1v) is 40.4. The van der Waals surface area contributed by atoms with E-state index in [-0.39, 0.29) is 0 Å². The van der Waals surface area contributed by atoms with Crippen molar-refractivity contribution >= 4 is 64.9 Å². The van der Waals surface area contributed by atoms with Crippen LogP contribution in [-0.4, -0.2) is 39.9 Å². The third kappa shape index (κ3) is 14.4. The van der Waals surface area contributed by atoms with Crippen molar-refractivity contribution in [3.05, 3.63) is 437 Å². The highest BCUT2D eigenvalue weighted by Crippen LogP contribution is 2.40. The maximum atomic E-state index is 5.24. The minimum absolute atomic E-state index is 0.633. The fraction of sp³-hybridized carbons (Fsp3) is 0. The minimum atomic E-state index is 0.633. The molecule has 0 saturated carbocycles. The molecule has 0 aliphatic carbocycles. The van der Waals surface area contributed by atoms with Gasteiger partial charge in [-0.2, -0.15) is 0 Å². The van der Waals surface area contributed by atoms with Crippen LogP contribution in [0.25, 0.3) is 222 Å². The van der Waals surface area contributed by atoms with Crippen molar-refractivity contribution in [1.82, 2.24) is 39.9 Å². The molecule has 0 amide bonds. The molecule has 0 saturated heterocycles. The Morgan fingerprint density at radius 2 is 0.417 bits per heavy atom. The van der Waals surface area contributed by atoms with Gasteiger partial charge in [-0.25, -0.2) is 39.9 Å². The number of hydrogen-bond donors (Lipinski definition) is 0. The van der Waals surface area contributed by atoms with Crippen molar-refractivity contribution in [2.45, 2.75) is 0 Å². The van der Waals surface area contributed by atoms with E-state index in [0.717, 1.165) is 133 Å². The molecule has 0 aliphatic rings. The van der Waals surface area contributed by atoms with Crippen molar-refractivity contribution in [1.29, 1.82) is 0 Å². The number of rotatable bonds is 14. The Hall–Kier alpha value is -16.2. The largest absolute Gasteiger partial charge is 0.247 e. The molecule has 560 valence electrons. The molecule has 0 fully saturated rings. The zero-order chi connectivity index (χ0) is 79.7. The molecule has 0 unspecified atom stereocenters. The smallest absolute Gasteiger partial charge is 0.164 e. The third-order valence-electron chi connectivity index (χ3n) is 22.7. The highest BCUT2D eigenvalue weighted by Gasteiger charge is 2.19. The van der Waals surface area contributed by atoms with Gasteiger partial charge in [-0.3, -0.25) is 0 Å². The number of fused-ring (bicyclic) bond motifs is 9. The second-order valence-electron chi connectivity index (χ2n) is 30.1. The molecular formula is C112H72N8. The molecule has 18 aromatic carbocycles. The average molecular weight is 1530 g/mol. The maximum absolute atomic E-state index is 5.24. The minimum Gasteiger partial charge on any atom is -0.247 e. The van der Waals surface area contributed by atoms with Gasteiger partial charge in [-0.15, -0.1) is 0 Å². The number of nitrogens with zero attached hydrogens (tertiary/aromatic N) is 8. The molecule has 0 atom stereocenters. The van der Waals surface area contributed by atoms with E-state index < -0.39 is 0 Å². The van der Waals surface area contributed by atoms with E-state index in [4.69, 9.17) is 39.9 Å². The molecule has 0 bridgehead atoms. The van der Waals surface area contributed by atoms with Crippen LogP contribution < -0.4 is 0 Å². The molecule has 0 aliphatic heterocycles. The van der Waals surface area contributed by atoms with Gasteiger partial charge in [-0.05, 0) is 135 Å². The van der Waals surface area contributed by atoms with Gasteiger partial charge in [0.05, 0.1) is 22.4 Å². The molecule has 22 aromatic rings. The Morgan fingerprint density at radius 3 is 0.858 bits per heavy atom. The van der Waals surface area contributed by atoms with Gasteiger partial charge in [0.15, 0.2) is 34.9 Å². The molecule has 120 heavy (non-hydrogen) atoms. The van der Waals surface area contributed by atoms with Gasteiger partial charge >= 0.3 is 0 Å². The second-order valence-corrected chi connectivity index (χ2v) is 30.1. The monoisotopic (exact) mass is 1530 g/mol. The lowest BCUT2D eigenvalue weighted by Gasteiger charge is -2.12. The van der Waals surface area contributed by atoms with E-state index in [0.29, 0.717) is 34.9 Å². The first-order valence-electron chi connectivity index (χ1n) is 40.4. The van der Waals surface area contributed by atoms with Crippen molar-refractivity contribution < 1.29 is 0 Å². The van der Waals surface area contributed by atoms with E-state index in [2.05, 4.69) is 364 Å². The molecule has 22 rings (SSSR count). The first-order chi connectivity index (χ1) is 59.4. The van der Waals surface area contributed by atoms with Crippen molar-refractivity contribution in [3.63, 3.8) is 0 Å². The molecule has 0 radical (unpaired) electrons. The summed E-state index contributed by atoms with van der Waals surface area (Å²) < 4.78 is 0. The summed E-state index contributed by atoms with van der Waals surface area (Å²) >= 11 is 0. The summed E-state index contributed by atoms with van der Waals surface area (Å²) in [4.78, 5) is 40.2. The zero-order valence-corrected chi connectivity index (χ0v) is 65.1. The fourth-order valence-electron chi connectivity index (χ4n) is 16.3. The summed E-state index contributed by atoms with van der Waals surface area (Å²) in [5.74, 6) is 3.83. The highest BCUT2D eigenvalue weighted by molar-refractivity contribution is 6.17. The maximum Gasteiger partial charge on any atom is 0.164 e. The van der Waals surface area contributed by atoms with E-state index in [1.165, 1.54) is 54.2 Å². The van der Waals surface area contributed by atoms with Crippen LogP contribution in [0.5, 0.6) is 0 Å². The Balaban J connectivity index is 0.000000148. The van der Waals surface area contributed by atoms with Gasteiger partial charge in [0.1, 0.15) is 0 Å². The summed E-state index contributed by atoms with van der Waals surface area (Å²) in [5, 5.41) is 12.0. The normalized spacial score (nSPS) is 11.3. The lowest BCUT2D eigenvalue weighted by molar-refractivity contribution is 1.07. The summed E-state index contributed by atoms with van der Waals surface area (Å²) in [6, 6.07) is 153. The number of aromatic nitrogens is 8. The average Bonchev–Trinajstić information content (AvgIpc) is 0.736. The first kappa shape index (κ1) is 71.6. The van der Waals surface area contributed by atoms with E-state index in [9.17, 15) is 0 Å². The van der Waals surface area contributed by atoms with Crippen LogP contribution in [0.3, 0.4) is 0 Å². The van der Waals surface area contributed by atoms with Crippen LogP contribution in [-0.2, 0) is 0 Å². The molecule has 8 nitrogen and oxygen atoms in total. The number of hydrogen-bond acceptors (Lipinski definition) is 8. The lowest BCUT2D eigenvalue weighted by Crippen LogP contribution is -2.00. The number of benzene rings is 18. The zero-order valence-electron chi connectivity index (χ0n) is 65.1. The van der Waals surface area contributed by atoms with Crippen LogP contribution in [0.4, 0.5) is 0 Å². The number of pyridine rings is 2. The Labute approximate surface area is 694 Å². The van der Waals surface area contributed by atoms with E-state index in [1.54, 1.807) is 0 Å². The highest BCUT2D eigenvalue weighted by atomic mass is 15.0. The molecular weight excluding hydrogens is 1460 g/mol. The molecule has 4 aromatic heterocycles. The van der Waals surface area contributed by atoms with E-state index >= 15 is 0 Å². The summed E-state index contributed by atoms with van der Waals surface area (Å²) in [7, 11) is 0. The van der Waals surface area contributed by atoms with E-state index in [1.807, 2.05) is 72.8 Å². The quantitative estimate of drug-likeness (QED) is 0.0784. The molecule has 0 spiro atoms. The standard InChI is InChI=1S/2C56H36N4/c1-3-12-37(13-4-1)38-24-30-43(31-25-38)55-58-54(42-14-5-2-6-15-42)59-56(60-55)44-32-26-40(27-33-44)46-19-11-18-45(34-46)39-22-28-41(29-23-39)53-51-36-48-17-8-7-16-47(48)35-50(51)49-20-9-10-21-52(49)57-53;1-3-10-37(11-4-1)38-22-26-45(27-23-38)55-58-54(44-13-5-2-6-14-44)59-56(60-55)46-28-24-40(25-29-46)39-18-20-41(21-19-39)47-15-9-16-48(36-47)52-35-32-43-31-33-50-49-17-8-7-12-42(49)30-34-51(50)53(43)57-52/h2*1-36H. The van der Waals surface area contributed by atoms with Gasteiger partial charge in [0.2, 0.25) is 0 Å². The SMILES string of the molecule is c1ccc(-c2ccc(-c3nc(-c4ccccc4)nc(-c4ccc(-c5ccc(-c6cccc(-c7ccc8ccc9c%10ccccc%10ccc9c8n7)c6)cc5)cc4)n3)cc2)cc1.c1ccc(-c2ccc(-c3nc(-c4ccccc4)nc(-c4ccc(-c5cccc(-c6ccc(-c7nc8ccccc8c8cc9ccccc9cc78)cc6)c5)cc4)n3)cc2)cc1. The summed E-state index contributed by atoms with van der Waals surface area (Å²) in [6.07, 6.45) is 0. The Morgan fingerprint density at radius 1 is 0.125 bits per heavy atom. The molecule has 0 N–H and O–H groups in total. The second kappa shape index (κ2) is 31.6. The van der Waals surface area contributed by atoms with Crippen molar-refractivity contribution in [2.75, 3.05) is 0 Å². The predicted octanol–water partition coefficient (Wildman–Crippen LogP) is 28.8.